The molecule has 0 unspecified atom stereocenters. The maximum atomic E-state index is 12.5. The van der Waals surface area contributed by atoms with Gasteiger partial charge in [-0.25, -0.2) is 0 Å². The summed E-state index contributed by atoms with van der Waals surface area (Å²) >= 11 is 0. The Bertz CT molecular complexity index is 707. The average molecular weight is 358 g/mol. The Hall–Kier alpha value is -2.47. The second kappa shape index (κ2) is 8.76. The predicted molar refractivity (Wildman–Crippen MR) is 98.6 cm³/mol. The second-order valence-corrected chi connectivity index (χ2v) is 6.55. The average Bonchev–Trinajstić information content (AvgIpc) is 3.19. The molecule has 1 amide bonds. The maximum absolute atomic E-state index is 12.5. The first kappa shape index (κ1) is 18.3. The zero-order valence-electron chi connectivity index (χ0n) is 15.4. The van der Waals surface area contributed by atoms with Crippen molar-refractivity contribution in [3.63, 3.8) is 0 Å². The quantitative estimate of drug-likeness (QED) is 0.824. The van der Waals surface area contributed by atoms with Crippen LogP contribution in [0.25, 0.3) is 0 Å². The van der Waals surface area contributed by atoms with Gasteiger partial charge in [0, 0.05) is 6.54 Å². The van der Waals surface area contributed by atoms with Crippen LogP contribution in [0.15, 0.2) is 41.0 Å². The minimum atomic E-state index is -0.126. The van der Waals surface area contributed by atoms with Crippen LogP contribution in [0.4, 0.5) is 0 Å². The Morgan fingerprint density at radius 3 is 2.65 bits per heavy atom. The van der Waals surface area contributed by atoms with Crippen molar-refractivity contribution >= 4 is 5.91 Å². The molecule has 1 aromatic carbocycles. The van der Waals surface area contributed by atoms with E-state index < -0.39 is 0 Å². The van der Waals surface area contributed by atoms with Crippen LogP contribution in [0.2, 0.25) is 0 Å². The number of benzene rings is 1. The number of hydrogen-bond donors (Lipinski definition) is 1. The fourth-order valence-corrected chi connectivity index (χ4v) is 3.37. The summed E-state index contributed by atoms with van der Waals surface area (Å²) in [7, 11) is 3.11. The molecular weight excluding hydrogens is 332 g/mol. The van der Waals surface area contributed by atoms with Crippen LogP contribution in [0.5, 0.6) is 11.5 Å². The zero-order valence-corrected chi connectivity index (χ0v) is 15.4. The number of likely N-dealkylation sites (tertiary alicyclic amines) is 1. The first-order valence-electron chi connectivity index (χ1n) is 8.95. The molecular formula is C20H26N2O4. The fourth-order valence-electron chi connectivity index (χ4n) is 3.37. The van der Waals surface area contributed by atoms with E-state index in [4.69, 9.17) is 13.9 Å². The summed E-state index contributed by atoms with van der Waals surface area (Å²) in [5.41, 5.74) is 0.502. The van der Waals surface area contributed by atoms with E-state index in [1.54, 1.807) is 38.7 Å². The summed E-state index contributed by atoms with van der Waals surface area (Å²) in [5.74, 6) is 2.40. The lowest BCUT2D eigenvalue weighted by atomic mass is 9.96. The first-order valence-corrected chi connectivity index (χ1v) is 8.95. The Morgan fingerprint density at radius 1 is 1.19 bits per heavy atom. The molecule has 0 bridgehead atoms. The van der Waals surface area contributed by atoms with Gasteiger partial charge in [0.2, 0.25) is 0 Å². The van der Waals surface area contributed by atoms with Crippen molar-refractivity contribution in [1.82, 2.24) is 10.2 Å². The summed E-state index contributed by atoms with van der Waals surface area (Å²) in [6.07, 6.45) is 3.84. The van der Waals surface area contributed by atoms with Crippen LogP contribution in [0, 0.1) is 5.92 Å². The predicted octanol–water partition coefficient (Wildman–Crippen LogP) is 2.94. The molecule has 2 aromatic rings. The van der Waals surface area contributed by atoms with Crippen LogP contribution in [-0.4, -0.2) is 44.7 Å². The molecule has 0 radical (unpaired) electrons. The van der Waals surface area contributed by atoms with E-state index in [9.17, 15) is 4.79 Å². The Morgan fingerprint density at radius 2 is 2.00 bits per heavy atom. The molecule has 1 aliphatic heterocycles. The van der Waals surface area contributed by atoms with Gasteiger partial charge < -0.3 is 19.2 Å². The number of nitrogens with one attached hydrogen (secondary N) is 1. The summed E-state index contributed by atoms with van der Waals surface area (Å²) in [4.78, 5) is 14.9. The molecule has 0 atom stereocenters. The monoisotopic (exact) mass is 358 g/mol. The molecule has 1 aromatic heterocycles. The lowest BCUT2D eigenvalue weighted by molar-refractivity contribution is 0.0930. The Kier molecular flexibility index (Phi) is 6.17. The third-order valence-electron chi connectivity index (χ3n) is 4.87. The van der Waals surface area contributed by atoms with Crippen LogP contribution in [0.1, 0.15) is 29.0 Å². The first-order chi connectivity index (χ1) is 12.7. The number of nitrogens with zero attached hydrogens (tertiary/aromatic N) is 1. The van der Waals surface area contributed by atoms with Gasteiger partial charge in [0.05, 0.1) is 32.6 Å². The van der Waals surface area contributed by atoms with Gasteiger partial charge in [-0.15, -0.1) is 0 Å². The van der Waals surface area contributed by atoms with Crippen LogP contribution >= 0.6 is 0 Å². The van der Waals surface area contributed by atoms with Crippen molar-refractivity contribution < 1.29 is 18.7 Å². The van der Waals surface area contributed by atoms with E-state index in [1.165, 1.54) is 0 Å². The number of carbonyl (C=O) groups is 1. The van der Waals surface area contributed by atoms with Gasteiger partial charge in [0.25, 0.3) is 5.91 Å². The standard InChI is InChI=1S/C20H26N2O4/c1-24-18-7-3-6-17(19(18)25-2)20(23)21-13-15-8-10-22(11-9-15)14-16-5-4-12-26-16/h3-7,12,15H,8-11,13-14H2,1-2H3,(H,21,23). The highest BCUT2D eigenvalue weighted by atomic mass is 16.5. The summed E-state index contributed by atoms with van der Waals surface area (Å²) in [5, 5.41) is 3.04. The molecule has 6 nitrogen and oxygen atoms in total. The number of amides is 1. The number of methoxy groups -OCH3 is 2. The van der Waals surface area contributed by atoms with Crippen LogP contribution < -0.4 is 14.8 Å². The molecule has 3 rings (SSSR count). The number of hydrogen-bond acceptors (Lipinski definition) is 5. The number of furan rings is 1. The summed E-state index contributed by atoms with van der Waals surface area (Å²) < 4.78 is 16.0. The van der Waals surface area contributed by atoms with E-state index in [2.05, 4.69) is 10.2 Å². The maximum Gasteiger partial charge on any atom is 0.255 e. The molecule has 6 heteroatoms. The summed E-state index contributed by atoms with van der Waals surface area (Å²) in [6.45, 7) is 3.56. The molecule has 1 fully saturated rings. The molecule has 140 valence electrons. The normalized spacial score (nSPS) is 15.6. The van der Waals surface area contributed by atoms with Crippen molar-refractivity contribution in [2.75, 3.05) is 33.9 Å². The van der Waals surface area contributed by atoms with Gasteiger partial charge in [-0.1, -0.05) is 6.07 Å². The van der Waals surface area contributed by atoms with Crippen molar-refractivity contribution in [2.45, 2.75) is 19.4 Å². The van der Waals surface area contributed by atoms with Crippen molar-refractivity contribution in [2.24, 2.45) is 5.92 Å². The highest BCUT2D eigenvalue weighted by Gasteiger charge is 2.22. The highest BCUT2D eigenvalue weighted by Crippen LogP contribution is 2.30. The minimum Gasteiger partial charge on any atom is -0.493 e. The fraction of sp³-hybridized carbons (Fsp3) is 0.450. The molecule has 0 saturated carbocycles. The van der Waals surface area contributed by atoms with E-state index in [0.717, 1.165) is 38.2 Å². The molecule has 0 spiro atoms. The molecule has 0 aliphatic carbocycles. The van der Waals surface area contributed by atoms with Gasteiger partial charge >= 0.3 is 0 Å². The lowest BCUT2D eigenvalue weighted by Crippen LogP contribution is -2.38. The largest absolute Gasteiger partial charge is 0.493 e. The Balaban J connectivity index is 1.48. The van der Waals surface area contributed by atoms with Gasteiger partial charge in [-0.3, -0.25) is 9.69 Å². The zero-order chi connectivity index (χ0) is 18.4. The number of ether oxygens (including phenoxy) is 2. The second-order valence-electron chi connectivity index (χ2n) is 6.55. The van der Waals surface area contributed by atoms with Gasteiger partial charge in [0.1, 0.15) is 5.76 Å². The van der Waals surface area contributed by atoms with Crippen LogP contribution in [0.3, 0.4) is 0 Å². The van der Waals surface area contributed by atoms with Gasteiger partial charge in [-0.2, -0.15) is 0 Å². The van der Waals surface area contributed by atoms with E-state index in [-0.39, 0.29) is 5.91 Å². The van der Waals surface area contributed by atoms with Gasteiger partial charge in [0.15, 0.2) is 11.5 Å². The highest BCUT2D eigenvalue weighted by molar-refractivity contribution is 5.97. The van der Waals surface area contributed by atoms with E-state index >= 15 is 0 Å². The topological polar surface area (TPSA) is 63.9 Å². The van der Waals surface area contributed by atoms with Crippen molar-refractivity contribution in [3.05, 3.63) is 47.9 Å². The lowest BCUT2D eigenvalue weighted by Gasteiger charge is -2.31. The SMILES string of the molecule is COc1cccc(C(=O)NCC2CCN(Cc3ccco3)CC2)c1OC. The van der Waals surface area contributed by atoms with Crippen LogP contribution in [-0.2, 0) is 6.54 Å². The third kappa shape index (κ3) is 4.38. The summed E-state index contributed by atoms with van der Waals surface area (Å²) in [6, 6.07) is 9.26. The Labute approximate surface area is 154 Å². The number of carbonyl (C=O) groups excluding carboxylic acids is 1. The molecule has 1 N–H and O–H groups in total. The number of rotatable bonds is 7. The molecule has 1 saturated heterocycles. The smallest absolute Gasteiger partial charge is 0.255 e. The number of piperidine rings is 1. The van der Waals surface area contributed by atoms with Crippen molar-refractivity contribution in [1.29, 1.82) is 0 Å². The van der Waals surface area contributed by atoms with Gasteiger partial charge in [-0.05, 0) is 56.1 Å². The molecule has 2 heterocycles. The van der Waals surface area contributed by atoms with E-state index in [0.29, 0.717) is 29.5 Å². The minimum absolute atomic E-state index is 0.126. The number of para-hydroxylation sites is 1. The van der Waals surface area contributed by atoms with E-state index in [1.807, 2.05) is 12.1 Å². The third-order valence-corrected chi connectivity index (χ3v) is 4.87. The molecule has 1 aliphatic rings. The molecule has 26 heavy (non-hydrogen) atoms. The van der Waals surface area contributed by atoms with Crippen molar-refractivity contribution in [3.8, 4) is 11.5 Å².